The summed E-state index contributed by atoms with van der Waals surface area (Å²) in [4.78, 5) is 35.5. The molecule has 4 rings (SSSR count). The van der Waals surface area contributed by atoms with Crippen LogP contribution in [0.1, 0.15) is 55.6 Å². The van der Waals surface area contributed by atoms with Crippen LogP contribution < -0.4 is 16.8 Å². The molecular weight excluding hydrogens is 424 g/mol. The highest BCUT2D eigenvalue weighted by Gasteiger charge is 2.41. The van der Waals surface area contributed by atoms with Crippen LogP contribution in [0.5, 0.6) is 0 Å². The number of nitrogens with two attached hydrogens (primary N) is 2. The van der Waals surface area contributed by atoms with Crippen LogP contribution in [0.2, 0.25) is 0 Å². The maximum absolute atomic E-state index is 13.3. The van der Waals surface area contributed by atoms with E-state index in [1.54, 1.807) is 0 Å². The Morgan fingerprint density at radius 3 is 2.66 bits per heavy atom. The first-order chi connectivity index (χ1) is 15.2. The maximum atomic E-state index is 13.3. The Labute approximate surface area is 193 Å². The minimum atomic E-state index is -0.843. The zero-order chi connectivity index (χ0) is 23.0. The third kappa shape index (κ3) is 4.46. The quantitative estimate of drug-likeness (QED) is 0.646. The molecule has 2 amide bonds. The number of hydrogen-bond acceptors (Lipinski definition) is 7. The van der Waals surface area contributed by atoms with Crippen molar-refractivity contribution in [3.05, 3.63) is 23.4 Å². The molecule has 2 aliphatic rings. The van der Waals surface area contributed by atoms with E-state index in [0.29, 0.717) is 42.7 Å². The molecule has 174 valence electrons. The van der Waals surface area contributed by atoms with Crippen molar-refractivity contribution in [3.8, 4) is 0 Å². The number of aromatic nitrogens is 1. The van der Waals surface area contributed by atoms with Gasteiger partial charge in [0, 0.05) is 42.8 Å². The molecule has 0 spiro atoms. The summed E-state index contributed by atoms with van der Waals surface area (Å²) in [5.41, 5.74) is 13.4. The van der Waals surface area contributed by atoms with Crippen molar-refractivity contribution in [1.82, 2.24) is 20.1 Å². The minimum absolute atomic E-state index is 0.0130. The second kappa shape index (κ2) is 8.96. The van der Waals surface area contributed by atoms with Gasteiger partial charge in [0.15, 0.2) is 0 Å². The van der Waals surface area contributed by atoms with Crippen LogP contribution in [-0.4, -0.2) is 70.4 Å². The number of piperidine rings is 2. The molecule has 2 fully saturated rings. The molecule has 9 heteroatoms. The predicted octanol–water partition coefficient (Wildman–Crippen LogP) is 2.11. The van der Waals surface area contributed by atoms with Gasteiger partial charge in [0.05, 0.1) is 5.56 Å². The molecule has 32 heavy (non-hydrogen) atoms. The van der Waals surface area contributed by atoms with E-state index in [1.165, 1.54) is 11.3 Å². The van der Waals surface area contributed by atoms with Crippen LogP contribution in [0.4, 0.5) is 5.00 Å². The highest BCUT2D eigenvalue weighted by atomic mass is 32.1. The number of nitrogens with one attached hydrogen (secondary N) is 1. The molecule has 0 bridgehead atoms. The van der Waals surface area contributed by atoms with Gasteiger partial charge in [0.25, 0.3) is 5.91 Å². The van der Waals surface area contributed by atoms with Gasteiger partial charge in [-0.1, -0.05) is 11.3 Å². The summed E-state index contributed by atoms with van der Waals surface area (Å²) in [5, 5.41) is 4.35. The fourth-order valence-electron chi connectivity index (χ4n) is 4.92. The number of hydrogen-bond donors (Lipinski definition) is 3. The van der Waals surface area contributed by atoms with Crippen LogP contribution in [0.3, 0.4) is 0 Å². The Morgan fingerprint density at radius 1 is 1.25 bits per heavy atom. The van der Waals surface area contributed by atoms with Gasteiger partial charge in [0.2, 0.25) is 5.91 Å². The Balaban J connectivity index is 1.41. The average molecular weight is 459 g/mol. The second-order valence-electron chi connectivity index (χ2n) is 9.53. The number of likely N-dealkylation sites (tertiary alicyclic amines) is 2. The number of rotatable bonds is 4. The van der Waals surface area contributed by atoms with Crippen molar-refractivity contribution in [1.29, 1.82) is 0 Å². The number of thiophene rings is 1. The standard InChI is InChI=1S/C23H34N6O2S/c1-14(2)26-22(31)23(25)9-4-10-29(13-23)16-7-11-28(12-8-16)21(30)18-17-6-5-15(3)27-20(17)32-19(18)24/h5-6,14,16H,4,7-13,24-25H2,1-3H3,(H,26,31). The van der Waals surface area contributed by atoms with Gasteiger partial charge >= 0.3 is 0 Å². The first-order valence-electron chi connectivity index (χ1n) is 11.5. The van der Waals surface area contributed by atoms with E-state index in [-0.39, 0.29) is 17.9 Å². The number of carbonyl (C=O) groups excluding carboxylic acids is 2. The number of amides is 2. The molecule has 1 atom stereocenters. The molecule has 5 N–H and O–H groups in total. The fraction of sp³-hybridized carbons (Fsp3) is 0.609. The normalized spacial score (nSPS) is 23.1. The van der Waals surface area contributed by atoms with Crippen LogP contribution in [0.15, 0.2) is 12.1 Å². The zero-order valence-electron chi connectivity index (χ0n) is 19.2. The molecule has 4 heterocycles. The number of aryl methyl sites for hydroxylation is 1. The number of anilines is 1. The number of carbonyl (C=O) groups is 2. The van der Waals surface area contributed by atoms with E-state index in [9.17, 15) is 9.59 Å². The average Bonchev–Trinajstić information content (AvgIpc) is 3.07. The van der Waals surface area contributed by atoms with Crippen LogP contribution >= 0.6 is 11.3 Å². The van der Waals surface area contributed by atoms with Gasteiger partial charge in [0.1, 0.15) is 15.4 Å². The number of nitrogens with zero attached hydrogens (tertiary/aromatic N) is 3. The summed E-state index contributed by atoms with van der Waals surface area (Å²) in [6.07, 6.45) is 3.35. The summed E-state index contributed by atoms with van der Waals surface area (Å²) in [7, 11) is 0. The van der Waals surface area contributed by atoms with Crippen LogP contribution in [0, 0.1) is 6.92 Å². The van der Waals surface area contributed by atoms with E-state index >= 15 is 0 Å². The molecule has 0 saturated carbocycles. The van der Waals surface area contributed by atoms with Crippen molar-refractivity contribution in [3.63, 3.8) is 0 Å². The van der Waals surface area contributed by atoms with E-state index in [0.717, 1.165) is 41.7 Å². The molecule has 0 aromatic carbocycles. The first-order valence-corrected chi connectivity index (χ1v) is 12.3. The molecule has 2 aromatic heterocycles. The van der Waals surface area contributed by atoms with E-state index in [4.69, 9.17) is 11.5 Å². The van der Waals surface area contributed by atoms with E-state index in [1.807, 2.05) is 37.8 Å². The second-order valence-corrected chi connectivity index (χ2v) is 10.6. The maximum Gasteiger partial charge on any atom is 0.257 e. The van der Waals surface area contributed by atoms with Gasteiger partial charge in [-0.2, -0.15) is 0 Å². The lowest BCUT2D eigenvalue weighted by molar-refractivity contribution is -0.129. The van der Waals surface area contributed by atoms with Gasteiger partial charge in [-0.3, -0.25) is 14.5 Å². The zero-order valence-corrected chi connectivity index (χ0v) is 20.0. The molecule has 0 radical (unpaired) electrons. The minimum Gasteiger partial charge on any atom is -0.390 e. The fourth-order valence-corrected chi connectivity index (χ4v) is 5.90. The summed E-state index contributed by atoms with van der Waals surface area (Å²) in [5.74, 6) is -0.0746. The largest absolute Gasteiger partial charge is 0.390 e. The van der Waals surface area contributed by atoms with Crippen LogP contribution in [0.25, 0.3) is 10.2 Å². The smallest absolute Gasteiger partial charge is 0.257 e. The molecule has 1 unspecified atom stereocenters. The highest BCUT2D eigenvalue weighted by Crippen LogP contribution is 2.34. The van der Waals surface area contributed by atoms with Crippen molar-refractivity contribution >= 4 is 38.4 Å². The van der Waals surface area contributed by atoms with Gasteiger partial charge in [-0.25, -0.2) is 4.98 Å². The Hall–Kier alpha value is -2.23. The molecule has 2 saturated heterocycles. The number of nitrogen functional groups attached to an aromatic ring is 1. The SMILES string of the molecule is Cc1ccc2c(C(=O)N3CCC(N4CCCC(N)(C(=O)NC(C)C)C4)CC3)c(N)sc2n1. The summed E-state index contributed by atoms with van der Waals surface area (Å²) in [6, 6.07) is 4.27. The number of pyridine rings is 1. The Morgan fingerprint density at radius 2 is 1.97 bits per heavy atom. The topological polar surface area (TPSA) is 118 Å². The van der Waals surface area contributed by atoms with E-state index in [2.05, 4.69) is 15.2 Å². The van der Waals surface area contributed by atoms with Crippen LogP contribution in [-0.2, 0) is 4.79 Å². The molecule has 2 aliphatic heterocycles. The lowest BCUT2D eigenvalue weighted by Gasteiger charge is -2.45. The monoisotopic (exact) mass is 458 g/mol. The molecule has 8 nitrogen and oxygen atoms in total. The Bertz CT molecular complexity index is 1010. The van der Waals surface area contributed by atoms with Crippen molar-refractivity contribution in [2.75, 3.05) is 31.9 Å². The van der Waals surface area contributed by atoms with Gasteiger partial charge < -0.3 is 21.7 Å². The van der Waals surface area contributed by atoms with E-state index < -0.39 is 5.54 Å². The predicted molar refractivity (Wildman–Crippen MR) is 129 cm³/mol. The summed E-state index contributed by atoms with van der Waals surface area (Å²) in [6.45, 7) is 8.70. The highest BCUT2D eigenvalue weighted by molar-refractivity contribution is 7.22. The van der Waals surface area contributed by atoms with Gasteiger partial charge in [-0.05, 0) is 65.1 Å². The molecule has 2 aromatic rings. The van der Waals surface area contributed by atoms with Crippen molar-refractivity contribution in [2.45, 2.75) is 64.1 Å². The third-order valence-corrected chi connectivity index (χ3v) is 7.56. The Kier molecular flexibility index (Phi) is 6.42. The summed E-state index contributed by atoms with van der Waals surface area (Å²) < 4.78 is 0. The van der Waals surface area contributed by atoms with Crippen molar-refractivity contribution < 1.29 is 9.59 Å². The lowest BCUT2D eigenvalue weighted by atomic mass is 9.87. The third-order valence-electron chi connectivity index (χ3n) is 6.63. The molecule has 0 aliphatic carbocycles. The first kappa shape index (κ1) is 22.9. The number of fused-ring (bicyclic) bond motifs is 1. The van der Waals surface area contributed by atoms with Gasteiger partial charge in [-0.15, -0.1) is 0 Å². The summed E-state index contributed by atoms with van der Waals surface area (Å²) >= 11 is 1.37. The molecular formula is C23H34N6O2S. The lowest BCUT2D eigenvalue weighted by Crippen LogP contribution is -2.65. The van der Waals surface area contributed by atoms with Crippen molar-refractivity contribution in [2.24, 2.45) is 5.73 Å².